The lowest BCUT2D eigenvalue weighted by Crippen LogP contribution is -2.04. The molecular weight excluding hydrogens is 398 g/mol. The van der Waals surface area contributed by atoms with Crippen molar-refractivity contribution in [1.82, 2.24) is 0 Å². The molecule has 4 aromatic carbocycles. The molecule has 0 aliphatic rings. The second-order valence-corrected chi connectivity index (χ2v) is 7.27. The first-order chi connectivity index (χ1) is 15.5. The van der Waals surface area contributed by atoms with Gasteiger partial charge in [0.2, 0.25) is 0 Å². The fraction of sp³-hybridized carbons (Fsp3) is 0.107. The summed E-state index contributed by atoms with van der Waals surface area (Å²) in [4.78, 5) is 11.1. The average molecular weight is 426 g/mol. The summed E-state index contributed by atoms with van der Waals surface area (Å²) in [5.74, 6) is 3.26. The molecule has 0 aromatic heterocycles. The zero-order valence-electron chi connectivity index (χ0n) is 18.3. The number of Topliss-reactive ketones (excluding diaryl/α,β-unsaturated/α-hetero) is 1. The first-order valence-corrected chi connectivity index (χ1v) is 10.4. The van der Waals surface area contributed by atoms with E-state index in [4.69, 9.17) is 15.2 Å². The van der Waals surface area contributed by atoms with Gasteiger partial charge in [-0.05, 0) is 80.1 Å². The van der Waals surface area contributed by atoms with Crippen LogP contribution in [-0.4, -0.2) is 5.78 Å². The number of carbonyl (C=O) groups is 1. The van der Waals surface area contributed by atoms with Crippen molar-refractivity contribution in [3.63, 3.8) is 0 Å². The largest absolute Gasteiger partial charge is 0.457 e. The fourth-order valence-corrected chi connectivity index (χ4v) is 2.85. The molecule has 0 fully saturated rings. The molecule has 4 nitrogen and oxygen atoms in total. The van der Waals surface area contributed by atoms with Crippen LogP contribution in [0.1, 0.15) is 35.8 Å². The first kappa shape index (κ1) is 22.8. The predicted octanol–water partition coefficient (Wildman–Crippen LogP) is 7.18. The van der Waals surface area contributed by atoms with Crippen LogP contribution in [0.4, 0.5) is 0 Å². The predicted molar refractivity (Wildman–Crippen MR) is 129 cm³/mol. The molecule has 0 heterocycles. The average Bonchev–Trinajstić information content (AvgIpc) is 2.82. The SMILES string of the molecule is CC(=O)c1ccc(Oc2ccccc2)cc1.C[C@H](N)c1ccc(Oc2ccccc2)cc1. The number of carbonyl (C=O) groups excluding carboxylic acids is 1. The third-order valence-corrected chi connectivity index (χ3v) is 4.62. The summed E-state index contributed by atoms with van der Waals surface area (Å²) in [5, 5.41) is 0. The van der Waals surface area contributed by atoms with Gasteiger partial charge in [0.05, 0.1) is 0 Å². The molecule has 4 heteroatoms. The van der Waals surface area contributed by atoms with Gasteiger partial charge in [-0.1, -0.05) is 48.5 Å². The lowest BCUT2D eigenvalue weighted by atomic mass is 10.1. The number of ketones is 1. The minimum absolute atomic E-state index is 0.0609. The maximum Gasteiger partial charge on any atom is 0.159 e. The van der Waals surface area contributed by atoms with Gasteiger partial charge in [0, 0.05) is 11.6 Å². The van der Waals surface area contributed by atoms with E-state index in [1.165, 1.54) is 0 Å². The minimum atomic E-state index is 0.0609. The Hall–Kier alpha value is -3.89. The van der Waals surface area contributed by atoms with Crippen LogP contribution in [0.3, 0.4) is 0 Å². The van der Waals surface area contributed by atoms with Gasteiger partial charge in [-0.25, -0.2) is 0 Å². The van der Waals surface area contributed by atoms with E-state index in [2.05, 4.69) is 0 Å². The number of rotatable bonds is 6. The second-order valence-electron chi connectivity index (χ2n) is 7.27. The van der Waals surface area contributed by atoms with Crippen LogP contribution in [-0.2, 0) is 0 Å². The highest BCUT2D eigenvalue weighted by Gasteiger charge is 2.01. The molecular formula is C28H27NO3. The molecule has 0 amide bonds. The van der Waals surface area contributed by atoms with Crippen LogP contribution in [0.25, 0.3) is 0 Å². The van der Waals surface area contributed by atoms with E-state index in [9.17, 15) is 4.79 Å². The number of para-hydroxylation sites is 2. The van der Waals surface area contributed by atoms with Crippen LogP contribution < -0.4 is 15.2 Å². The lowest BCUT2D eigenvalue weighted by Gasteiger charge is -2.08. The van der Waals surface area contributed by atoms with Crippen LogP contribution in [0.15, 0.2) is 109 Å². The highest BCUT2D eigenvalue weighted by atomic mass is 16.5. The van der Waals surface area contributed by atoms with Crippen LogP contribution in [0, 0.1) is 0 Å². The molecule has 0 aliphatic carbocycles. The number of nitrogens with two attached hydrogens (primary N) is 1. The first-order valence-electron chi connectivity index (χ1n) is 10.4. The summed E-state index contributed by atoms with van der Waals surface area (Å²) < 4.78 is 11.3. The monoisotopic (exact) mass is 425 g/mol. The van der Waals surface area contributed by atoms with Gasteiger partial charge in [-0.2, -0.15) is 0 Å². The maximum absolute atomic E-state index is 11.1. The molecule has 0 radical (unpaired) electrons. The van der Waals surface area contributed by atoms with Crippen molar-refractivity contribution in [3.8, 4) is 23.0 Å². The smallest absolute Gasteiger partial charge is 0.159 e. The highest BCUT2D eigenvalue weighted by Crippen LogP contribution is 2.23. The summed E-state index contributed by atoms with van der Waals surface area (Å²) in [6, 6.07) is 34.3. The Morgan fingerprint density at radius 2 is 1.00 bits per heavy atom. The topological polar surface area (TPSA) is 61.5 Å². The van der Waals surface area contributed by atoms with Gasteiger partial charge in [0.25, 0.3) is 0 Å². The van der Waals surface area contributed by atoms with E-state index < -0.39 is 0 Å². The summed E-state index contributed by atoms with van der Waals surface area (Å²) in [7, 11) is 0. The highest BCUT2D eigenvalue weighted by molar-refractivity contribution is 5.94. The molecule has 0 saturated heterocycles. The van der Waals surface area contributed by atoms with E-state index in [-0.39, 0.29) is 11.8 Å². The zero-order valence-corrected chi connectivity index (χ0v) is 18.3. The summed E-state index contributed by atoms with van der Waals surface area (Å²) in [6.45, 7) is 3.51. The van der Waals surface area contributed by atoms with Crippen LogP contribution in [0.5, 0.6) is 23.0 Å². The molecule has 2 N–H and O–H groups in total. The number of hydrogen-bond acceptors (Lipinski definition) is 4. The number of hydrogen-bond donors (Lipinski definition) is 1. The zero-order chi connectivity index (χ0) is 22.8. The van der Waals surface area contributed by atoms with Crippen molar-refractivity contribution in [3.05, 3.63) is 120 Å². The number of ether oxygens (including phenoxy) is 2. The van der Waals surface area contributed by atoms with Gasteiger partial charge in [0.1, 0.15) is 23.0 Å². The molecule has 4 aromatic rings. The Morgan fingerprint density at radius 1 is 0.625 bits per heavy atom. The van der Waals surface area contributed by atoms with E-state index in [1.54, 1.807) is 31.2 Å². The molecule has 1 atom stereocenters. The van der Waals surface area contributed by atoms with E-state index in [0.717, 1.165) is 28.6 Å². The van der Waals surface area contributed by atoms with Gasteiger partial charge in [0.15, 0.2) is 5.78 Å². The molecule has 4 rings (SSSR count). The van der Waals surface area contributed by atoms with Crippen molar-refractivity contribution in [2.24, 2.45) is 5.73 Å². The Labute approximate surface area is 189 Å². The van der Waals surface area contributed by atoms with Crippen molar-refractivity contribution in [2.45, 2.75) is 19.9 Å². The van der Waals surface area contributed by atoms with Gasteiger partial charge < -0.3 is 15.2 Å². The molecule has 0 spiro atoms. The van der Waals surface area contributed by atoms with Crippen LogP contribution >= 0.6 is 0 Å². The Balaban J connectivity index is 0.000000181. The van der Waals surface area contributed by atoms with Crippen molar-refractivity contribution in [2.75, 3.05) is 0 Å². The maximum atomic E-state index is 11.1. The molecule has 0 bridgehead atoms. The molecule has 162 valence electrons. The van der Waals surface area contributed by atoms with Gasteiger partial charge in [-0.15, -0.1) is 0 Å². The third kappa shape index (κ3) is 7.11. The summed E-state index contributed by atoms with van der Waals surface area (Å²) >= 11 is 0. The fourth-order valence-electron chi connectivity index (χ4n) is 2.85. The quantitative estimate of drug-likeness (QED) is 0.332. The van der Waals surface area contributed by atoms with E-state index in [0.29, 0.717) is 5.56 Å². The Kier molecular flexibility index (Phi) is 8.18. The lowest BCUT2D eigenvalue weighted by molar-refractivity contribution is 0.101. The Morgan fingerprint density at radius 3 is 1.38 bits per heavy atom. The molecule has 32 heavy (non-hydrogen) atoms. The minimum Gasteiger partial charge on any atom is -0.457 e. The van der Waals surface area contributed by atoms with E-state index >= 15 is 0 Å². The van der Waals surface area contributed by atoms with Crippen molar-refractivity contribution in [1.29, 1.82) is 0 Å². The molecule has 0 aliphatic heterocycles. The summed E-state index contributed by atoms with van der Waals surface area (Å²) in [5.41, 5.74) is 7.58. The van der Waals surface area contributed by atoms with Crippen molar-refractivity contribution >= 4 is 5.78 Å². The van der Waals surface area contributed by atoms with Gasteiger partial charge >= 0.3 is 0 Å². The molecule has 0 unspecified atom stereocenters. The van der Waals surface area contributed by atoms with E-state index in [1.807, 2.05) is 91.9 Å². The van der Waals surface area contributed by atoms with Gasteiger partial charge in [-0.3, -0.25) is 4.79 Å². The van der Waals surface area contributed by atoms with Crippen LogP contribution in [0.2, 0.25) is 0 Å². The standard InChI is InChI=1S/C14H15NO.C14H12O2/c2*1-11(15)12-7-9-14(10-8-12)16-13-5-3-2-4-6-13/h2-11H,15H2,1H3;2-10H,1H3/t11-;/m0./s1. The number of benzene rings is 4. The summed E-state index contributed by atoms with van der Waals surface area (Å²) in [6.07, 6.45) is 0. The second kappa shape index (κ2) is 11.5. The normalized spacial score (nSPS) is 11.0. The third-order valence-electron chi connectivity index (χ3n) is 4.62. The Bertz CT molecular complexity index is 1090. The molecule has 0 saturated carbocycles. The van der Waals surface area contributed by atoms with Crippen molar-refractivity contribution < 1.29 is 14.3 Å².